The van der Waals surface area contributed by atoms with E-state index in [4.69, 9.17) is 5.73 Å². The van der Waals surface area contributed by atoms with Gasteiger partial charge in [0.25, 0.3) is 0 Å². The number of carbonyl (C=O) groups is 1. The van der Waals surface area contributed by atoms with E-state index >= 15 is 0 Å². The van der Waals surface area contributed by atoms with Crippen molar-refractivity contribution in [3.63, 3.8) is 0 Å². The Kier molecular flexibility index (Phi) is 7.29. The van der Waals surface area contributed by atoms with Crippen molar-refractivity contribution in [3.8, 4) is 0 Å². The highest BCUT2D eigenvalue weighted by molar-refractivity contribution is 7.09. The fourth-order valence-corrected chi connectivity index (χ4v) is 3.00. The summed E-state index contributed by atoms with van der Waals surface area (Å²) in [6, 6.07) is 0. The first-order chi connectivity index (χ1) is 8.01. The van der Waals surface area contributed by atoms with Crippen LogP contribution in [-0.4, -0.2) is 28.4 Å². The molecule has 1 fully saturated rings. The van der Waals surface area contributed by atoms with Gasteiger partial charge in [0.1, 0.15) is 0 Å². The van der Waals surface area contributed by atoms with Gasteiger partial charge in [-0.05, 0) is 19.8 Å². The molecule has 110 valence electrons. The van der Waals surface area contributed by atoms with Crippen LogP contribution in [0.4, 0.5) is 0 Å². The Labute approximate surface area is 130 Å². The van der Waals surface area contributed by atoms with Crippen molar-refractivity contribution in [2.45, 2.75) is 44.7 Å². The minimum Gasteiger partial charge on any atom is -0.338 e. The second kappa shape index (κ2) is 7.43. The summed E-state index contributed by atoms with van der Waals surface area (Å²) in [4.78, 5) is 18.3. The second-order valence-corrected chi connectivity index (χ2v) is 5.94. The predicted molar refractivity (Wildman–Crippen MR) is 83.2 cm³/mol. The van der Waals surface area contributed by atoms with Crippen LogP contribution in [0.15, 0.2) is 5.38 Å². The molecule has 1 amide bonds. The van der Waals surface area contributed by atoms with Crippen LogP contribution in [0.5, 0.6) is 0 Å². The number of likely N-dealkylation sites (N-methyl/N-ethyl adjacent to an activating group) is 1. The number of hydrogen-bond donors (Lipinski definition) is 1. The molecule has 0 spiro atoms. The number of halogens is 2. The van der Waals surface area contributed by atoms with Gasteiger partial charge in [0, 0.05) is 12.4 Å². The van der Waals surface area contributed by atoms with Gasteiger partial charge < -0.3 is 10.6 Å². The summed E-state index contributed by atoms with van der Waals surface area (Å²) in [5.74, 6) is 0.0562. The van der Waals surface area contributed by atoms with Crippen molar-refractivity contribution in [1.29, 1.82) is 0 Å². The van der Waals surface area contributed by atoms with Crippen LogP contribution in [0, 0.1) is 6.92 Å². The molecule has 1 aromatic heterocycles. The topological polar surface area (TPSA) is 59.2 Å². The van der Waals surface area contributed by atoms with Crippen LogP contribution in [0.1, 0.15) is 36.4 Å². The van der Waals surface area contributed by atoms with Crippen molar-refractivity contribution in [2.24, 2.45) is 5.73 Å². The van der Waals surface area contributed by atoms with Crippen LogP contribution in [0.25, 0.3) is 0 Å². The third kappa shape index (κ3) is 4.31. The summed E-state index contributed by atoms with van der Waals surface area (Å²) in [5.41, 5.74) is 6.48. The van der Waals surface area contributed by atoms with Gasteiger partial charge in [-0.15, -0.1) is 36.2 Å². The number of rotatable bonds is 3. The molecule has 1 aliphatic carbocycles. The molecule has 1 aromatic rings. The third-order valence-corrected chi connectivity index (χ3v) is 4.16. The number of aryl methyl sites for hydroxylation is 1. The van der Waals surface area contributed by atoms with Gasteiger partial charge in [-0.3, -0.25) is 4.79 Å². The number of aromatic nitrogens is 1. The minimum absolute atomic E-state index is 0. The average Bonchev–Trinajstić information content (AvgIpc) is 2.88. The van der Waals surface area contributed by atoms with Gasteiger partial charge in [0.05, 0.1) is 22.8 Å². The van der Waals surface area contributed by atoms with E-state index in [1.807, 2.05) is 19.4 Å². The van der Waals surface area contributed by atoms with Crippen LogP contribution < -0.4 is 5.73 Å². The maximum absolute atomic E-state index is 12.3. The summed E-state index contributed by atoms with van der Waals surface area (Å²) >= 11 is 1.61. The third-order valence-electron chi connectivity index (χ3n) is 3.33. The van der Waals surface area contributed by atoms with E-state index in [2.05, 4.69) is 4.98 Å². The molecule has 1 heterocycles. The number of carbonyl (C=O) groups excluding carboxylic acids is 1. The van der Waals surface area contributed by atoms with Crippen molar-refractivity contribution in [3.05, 3.63) is 16.1 Å². The molecule has 2 rings (SSSR count). The molecule has 2 N–H and O–H groups in total. The van der Waals surface area contributed by atoms with Crippen molar-refractivity contribution >= 4 is 42.1 Å². The molecule has 4 nitrogen and oxygen atoms in total. The number of hydrogen-bond acceptors (Lipinski definition) is 4. The van der Waals surface area contributed by atoms with Gasteiger partial charge in [-0.2, -0.15) is 0 Å². The van der Waals surface area contributed by atoms with Gasteiger partial charge in [0.15, 0.2) is 0 Å². The molecule has 0 atom stereocenters. The Balaban J connectivity index is 0.00000162. The lowest BCUT2D eigenvalue weighted by molar-refractivity contribution is -0.136. The summed E-state index contributed by atoms with van der Waals surface area (Å²) in [6.07, 6.45) is 3.75. The van der Waals surface area contributed by atoms with Crippen LogP contribution >= 0.6 is 36.2 Å². The van der Waals surface area contributed by atoms with Gasteiger partial charge in [-0.1, -0.05) is 12.8 Å². The predicted octanol–water partition coefficient (Wildman–Crippen LogP) is 2.53. The Morgan fingerprint density at radius 1 is 1.47 bits per heavy atom. The summed E-state index contributed by atoms with van der Waals surface area (Å²) in [5, 5.41) is 3.03. The number of amides is 1. The van der Waals surface area contributed by atoms with E-state index in [9.17, 15) is 4.79 Å². The molecule has 1 aliphatic rings. The Hall–Kier alpha value is -0.360. The van der Waals surface area contributed by atoms with Crippen LogP contribution in [-0.2, 0) is 11.3 Å². The second-order valence-electron chi connectivity index (χ2n) is 4.88. The fraction of sp³-hybridized carbons (Fsp3) is 0.667. The van der Waals surface area contributed by atoms with E-state index in [0.717, 1.165) is 36.4 Å². The molecular formula is C12H21Cl2N3OS. The summed E-state index contributed by atoms with van der Waals surface area (Å²) in [7, 11) is 1.81. The highest BCUT2D eigenvalue weighted by Crippen LogP contribution is 2.29. The summed E-state index contributed by atoms with van der Waals surface area (Å²) in [6.45, 7) is 2.53. The maximum atomic E-state index is 12.3. The lowest BCUT2D eigenvalue weighted by atomic mass is 9.97. The molecule has 0 bridgehead atoms. The Bertz CT molecular complexity index is 419. The molecule has 0 unspecified atom stereocenters. The molecule has 7 heteroatoms. The first-order valence-electron chi connectivity index (χ1n) is 5.97. The molecule has 0 aromatic carbocycles. The van der Waals surface area contributed by atoms with Gasteiger partial charge >= 0.3 is 0 Å². The number of thiazole rings is 1. The zero-order valence-corrected chi connectivity index (χ0v) is 13.7. The highest BCUT2D eigenvalue weighted by Gasteiger charge is 2.38. The smallest absolute Gasteiger partial charge is 0.242 e. The van der Waals surface area contributed by atoms with E-state index in [0.29, 0.717) is 6.54 Å². The number of nitrogens with zero attached hydrogens (tertiary/aromatic N) is 2. The number of nitrogens with two attached hydrogens (primary N) is 1. The molecule has 19 heavy (non-hydrogen) atoms. The minimum atomic E-state index is -0.625. The van der Waals surface area contributed by atoms with E-state index in [1.54, 1.807) is 16.2 Å². The molecule has 0 radical (unpaired) electrons. The van der Waals surface area contributed by atoms with Gasteiger partial charge in [0.2, 0.25) is 5.91 Å². The summed E-state index contributed by atoms with van der Waals surface area (Å²) < 4.78 is 0. The molecular weight excluding hydrogens is 305 g/mol. The zero-order valence-electron chi connectivity index (χ0n) is 11.2. The highest BCUT2D eigenvalue weighted by atomic mass is 35.5. The first-order valence-corrected chi connectivity index (χ1v) is 6.85. The van der Waals surface area contributed by atoms with E-state index in [1.165, 1.54) is 0 Å². The Morgan fingerprint density at radius 3 is 2.53 bits per heavy atom. The molecule has 0 saturated heterocycles. The quantitative estimate of drug-likeness (QED) is 0.928. The van der Waals surface area contributed by atoms with Crippen molar-refractivity contribution < 1.29 is 4.79 Å². The van der Waals surface area contributed by atoms with Gasteiger partial charge in [-0.25, -0.2) is 4.98 Å². The Morgan fingerprint density at radius 2 is 2.05 bits per heavy atom. The van der Waals surface area contributed by atoms with E-state index in [-0.39, 0.29) is 30.7 Å². The van der Waals surface area contributed by atoms with Crippen molar-refractivity contribution in [1.82, 2.24) is 9.88 Å². The van der Waals surface area contributed by atoms with Crippen molar-refractivity contribution in [2.75, 3.05) is 7.05 Å². The first kappa shape index (κ1) is 18.6. The molecule has 0 aliphatic heterocycles. The standard InChI is InChI=1S/C12H19N3OS.2ClH/c1-9-14-10(8-17-9)7-15(2)11(16)12(13)5-3-4-6-12;;/h8H,3-7,13H2,1-2H3;2*1H. The largest absolute Gasteiger partial charge is 0.338 e. The normalized spacial score (nSPS) is 16.4. The lowest BCUT2D eigenvalue weighted by Gasteiger charge is -2.28. The SMILES string of the molecule is Cc1nc(CN(C)C(=O)C2(N)CCCC2)cs1.Cl.Cl. The lowest BCUT2D eigenvalue weighted by Crippen LogP contribution is -2.52. The zero-order chi connectivity index (χ0) is 12.5. The average molecular weight is 326 g/mol. The van der Waals surface area contributed by atoms with E-state index < -0.39 is 5.54 Å². The molecule has 1 saturated carbocycles. The van der Waals surface area contributed by atoms with Crippen LogP contribution in [0.2, 0.25) is 0 Å². The fourth-order valence-electron chi connectivity index (χ4n) is 2.40. The van der Waals surface area contributed by atoms with Crippen LogP contribution in [0.3, 0.4) is 0 Å². The maximum Gasteiger partial charge on any atom is 0.242 e. The monoisotopic (exact) mass is 325 g/mol.